The van der Waals surface area contributed by atoms with Gasteiger partial charge in [-0.3, -0.25) is 0 Å². The lowest BCUT2D eigenvalue weighted by atomic mass is 10.2. The van der Waals surface area contributed by atoms with Crippen LogP contribution < -0.4 is 5.30 Å². The molecule has 0 saturated carbocycles. The van der Waals surface area contributed by atoms with Gasteiger partial charge in [-0.05, 0) is 43.0 Å². The van der Waals surface area contributed by atoms with Gasteiger partial charge in [0.1, 0.15) is 5.30 Å². The molecular weight excluding hydrogens is 387 g/mol. The highest BCUT2D eigenvalue weighted by Gasteiger charge is 2.40. The Kier molecular flexibility index (Phi) is 5.19. The van der Waals surface area contributed by atoms with E-state index in [4.69, 9.17) is 26.4 Å². The van der Waals surface area contributed by atoms with E-state index in [0.29, 0.717) is 5.90 Å². The van der Waals surface area contributed by atoms with Crippen LogP contribution in [0.3, 0.4) is 0 Å². The van der Waals surface area contributed by atoms with E-state index in [2.05, 4.69) is 18.5 Å². The van der Waals surface area contributed by atoms with E-state index in [1.165, 1.54) is 0 Å². The van der Waals surface area contributed by atoms with Gasteiger partial charge >= 0.3 is 0 Å². The largest absolute Gasteiger partial charge is 0.431 e. The van der Waals surface area contributed by atoms with E-state index in [1.54, 1.807) is 0 Å². The van der Waals surface area contributed by atoms with Gasteiger partial charge in [0.25, 0.3) is 0 Å². The smallest absolute Gasteiger partial charge is 0.227 e. The van der Waals surface area contributed by atoms with E-state index in [-0.39, 0.29) is 0 Å². The van der Waals surface area contributed by atoms with Crippen LogP contribution in [0.4, 0.5) is 5.82 Å². The Morgan fingerprint density at radius 3 is 2.21 bits per heavy atom. The molecule has 0 amide bonds. The molecular formula is C21H23N4OPS. The van der Waals surface area contributed by atoms with Gasteiger partial charge in [-0.2, -0.15) is 10.1 Å². The lowest BCUT2D eigenvalue weighted by Gasteiger charge is -2.35. The summed E-state index contributed by atoms with van der Waals surface area (Å²) in [6, 6.07) is 20.0. The van der Waals surface area contributed by atoms with Gasteiger partial charge in [-0.1, -0.05) is 50.2 Å². The Morgan fingerprint density at radius 1 is 1.00 bits per heavy atom. The second-order valence-corrected chi connectivity index (χ2v) is 10.3. The van der Waals surface area contributed by atoms with Gasteiger partial charge in [0.15, 0.2) is 5.82 Å². The average molecular weight is 410 g/mol. The van der Waals surface area contributed by atoms with E-state index >= 15 is 0 Å². The first-order chi connectivity index (χ1) is 13.6. The van der Waals surface area contributed by atoms with Crippen LogP contribution in [-0.2, 0) is 16.3 Å². The zero-order chi connectivity index (χ0) is 19.7. The number of fused-ring (bicyclic) bond motifs is 1. The molecule has 2 heterocycles. The van der Waals surface area contributed by atoms with Gasteiger partial charge in [-0.15, -0.1) is 0 Å². The molecule has 0 spiro atoms. The molecule has 1 atom stereocenters. The molecule has 1 aliphatic rings. The molecule has 0 saturated heterocycles. The van der Waals surface area contributed by atoms with Crippen molar-refractivity contribution in [1.82, 2.24) is 14.5 Å². The lowest BCUT2D eigenvalue weighted by molar-refractivity contribution is 0.447. The highest BCUT2D eigenvalue weighted by molar-refractivity contribution is 8.15. The summed E-state index contributed by atoms with van der Waals surface area (Å²) < 4.78 is 10.6. The van der Waals surface area contributed by atoms with Gasteiger partial charge in [0.05, 0.1) is 11.4 Å². The molecule has 0 N–H and O–H groups in total. The van der Waals surface area contributed by atoms with E-state index in [9.17, 15) is 0 Å². The van der Waals surface area contributed by atoms with Crippen LogP contribution in [0.15, 0.2) is 65.7 Å². The Hall–Kier alpha value is -2.27. The molecule has 0 fully saturated rings. The molecule has 7 heteroatoms. The van der Waals surface area contributed by atoms with Crippen molar-refractivity contribution in [3.05, 3.63) is 71.9 Å². The predicted molar refractivity (Wildman–Crippen MR) is 119 cm³/mol. The molecule has 28 heavy (non-hydrogen) atoms. The molecule has 3 aromatic rings. The van der Waals surface area contributed by atoms with Crippen LogP contribution in [-0.4, -0.2) is 33.4 Å². The predicted octanol–water partition coefficient (Wildman–Crippen LogP) is 4.57. The molecule has 1 aliphatic heterocycles. The Morgan fingerprint density at radius 2 is 1.61 bits per heavy atom. The number of hydrogen-bond donors (Lipinski definition) is 0. The first-order valence-corrected chi connectivity index (χ1v) is 12.1. The summed E-state index contributed by atoms with van der Waals surface area (Å²) in [5.74, 6) is 1.35. The SMILES string of the molecule is CCN(CC)[P@@]1(=S)OC(c2ccccc2)=Nc2c1c(C)nn2-c1ccccc1. The second kappa shape index (κ2) is 7.63. The van der Waals surface area contributed by atoms with E-state index < -0.39 is 6.42 Å². The molecule has 1 aromatic heterocycles. The van der Waals surface area contributed by atoms with Crippen LogP contribution >= 0.6 is 6.42 Å². The maximum Gasteiger partial charge on any atom is 0.227 e. The van der Waals surface area contributed by atoms with Crippen molar-refractivity contribution < 1.29 is 4.52 Å². The number of aromatic nitrogens is 2. The number of aliphatic imine (C=N–C) groups is 1. The third kappa shape index (κ3) is 3.12. The van der Waals surface area contributed by atoms with Gasteiger partial charge in [0.2, 0.25) is 12.3 Å². The van der Waals surface area contributed by atoms with Crippen LogP contribution in [0.2, 0.25) is 0 Å². The molecule has 144 valence electrons. The number of hydrogen-bond acceptors (Lipinski definition) is 4. The van der Waals surface area contributed by atoms with Crippen molar-refractivity contribution in [3.8, 4) is 5.69 Å². The topological polar surface area (TPSA) is 42.6 Å². The van der Waals surface area contributed by atoms with Gasteiger partial charge < -0.3 is 4.52 Å². The van der Waals surface area contributed by atoms with Crippen molar-refractivity contribution in [2.45, 2.75) is 20.8 Å². The minimum absolute atomic E-state index is 0.570. The fourth-order valence-corrected chi connectivity index (χ4v) is 7.47. The molecule has 2 aromatic carbocycles. The van der Waals surface area contributed by atoms with Crippen LogP contribution in [0, 0.1) is 6.92 Å². The van der Waals surface area contributed by atoms with Crippen molar-refractivity contribution in [2.75, 3.05) is 13.1 Å². The summed E-state index contributed by atoms with van der Waals surface area (Å²) in [6.45, 7) is 7.85. The minimum atomic E-state index is -2.52. The van der Waals surface area contributed by atoms with Crippen LogP contribution in [0.5, 0.6) is 0 Å². The van der Waals surface area contributed by atoms with Crippen molar-refractivity contribution in [3.63, 3.8) is 0 Å². The Labute approximate surface area is 170 Å². The summed E-state index contributed by atoms with van der Waals surface area (Å²) >= 11 is 6.24. The zero-order valence-electron chi connectivity index (χ0n) is 16.2. The highest BCUT2D eigenvalue weighted by Crippen LogP contribution is 2.56. The van der Waals surface area contributed by atoms with Crippen LogP contribution in [0.25, 0.3) is 5.69 Å². The standard InChI is InChI=1S/C21H23N4OPS/c1-4-24(5-2)27(28)19-16(3)23-25(18-14-10-7-11-15-18)20(19)22-21(26-27)17-12-8-6-9-13-17/h6-15H,4-5H2,1-3H3/t27-/m1/s1. The number of nitrogens with zero attached hydrogens (tertiary/aromatic N) is 4. The molecule has 4 rings (SSSR count). The Bertz CT molecular complexity index is 1060. The first kappa shape index (κ1) is 19.1. The Balaban J connectivity index is 1.99. The van der Waals surface area contributed by atoms with Crippen molar-refractivity contribution in [1.29, 1.82) is 0 Å². The fourth-order valence-electron chi connectivity index (χ4n) is 3.46. The van der Waals surface area contributed by atoms with E-state index in [0.717, 1.165) is 41.2 Å². The van der Waals surface area contributed by atoms with E-state index in [1.807, 2.05) is 72.3 Å². The summed E-state index contributed by atoms with van der Waals surface area (Å²) in [5.41, 5.74) is 2.77. The maximum atomic E-state index is 6.51. The van der Waals surface area contributed by atoms with Crippen LogP contribution in [0.1, 0.15) is 25.1 Å². The normalized spacial score (nSPS) is 18.5. The molecule has 0 radical (unpaired) electrons. The number of para-hydroxylation sites is 1. The number of rotatable bonds is 5. The summed E-state index contributed by atoms with van der Waals surface area (Å²) in [6.07, 6.45) is -2.52. The first-order valence-electron chi connectivity index (χ1n) is 9.43. The molecule has 5 nitrogen and oxygen atoms in total. The molecule has 0 unspecified atom stereocenters. The summed E-state index contributed by atoms with van der Waals surface area (Å²) in [7, 11) is 0. The zero-order valence-corrected chi connectivity index (χ0v) is 18.0. The highest BCUT2D eigenvalue weighted by atomic mass is 32.4. The lowest BCUT2D eigenvalue weighted by Crippen LogP contribution is -2.31. The van der Waals surface area contributed by atoms with Gasteiger partial charge in [0, 0.05) is 18.7 Å². The quantitative estimate of drug-likeness (QED) is 0.578. The monoisotopic (exact) mass is 410 g/mol. The number of aryl methyl sites for hydroxylation is 1. The maximum absolute atomic E-state index is 6.51. The number of benzene rings is 2. The average Bonchev–Trinajstić information content (AvgIpc) is 3.07. The molecule has 0 bridgehead atoms. The van der Waals surface area contributed by atoms with Crippen molar-refractivity contribution in [2.24, 2.45) is 4.99 Å². The minimum Gasteiger partial charge on any atom is -0.431 e. The molecule has 0 aliphatic carbocycles. The van der Waals surface area contributed by atoms with Crippen molar-refractivity contribution >= 4 is 35.2 Å². The summed E-state index contributed by atoms with van der Waals surface area (Å²) in [4.78, 5) is 4.89. The fraction of sp³-hybridized carbons (Fsp3) is 0.238. The second-order valence-electron chi connectivity index (χ2n) is 6.54. The third-order valence-corrected chi connectivity index (χ3v) is 9.11. The van der Waals surface area contributed by atoms with Gasteiger partial charge in [-0.25, -0.2) is 9.35 Å². The summed E-state index contributed by atoms with van der Waals surface area (Å²) in [5, 5.41) is 5.75. The third-order valence-electron chi connectivity index (χ3n) is 4.83.